The van der Waals surface area contributed by atoms with Crippen LogP contribution in [0.2, 0.25) is 5.02 Å². The van der Waals surface area contributed by atoms with E-state index >= 15 is 0 Å². The molecule has 0 radical (unpaired) electrons. The number of fused-ring (bicyclic) bond motifs is 1. The maximum atomic E-state index is 8.87. The van der Waals surface area contributed by atoms with E-state index in [0.717, 1.165) is 33.0 Å². The molecule has 0 bridgehead atoms. The third-order valence-electron chi connectivity index (χ3n) is 2.90. The molecule has 8 heteroatoms. The van der Waals surface area contributed by atoms with Gasteiger partial charge in [0.25, 0.3) is 0 Å². The normalized spacial score (nSPS) is 10.7. The molecule has 0 aliphatic heterocycles. The summed E-state index contributed by atoms with van der Waals surface area (Å²) in [5.41, 5.74) is 6.88. The molecule has 0 amide bonds. The number of thiophene rings is 1. The number of anilines is 1. The number of aryl methyl sites for hydroxylation is 1. The smallest absolute Gasteiger partial charge is 0.190 e. The Morgan fingerprint density at radius 2 is 2.23 bits per heavy atom. The quantitative estimate of drug-likeness (QED) is 0.573. The number of hydrogen-bond donors (Lipinski definition) is 1. The van der Waals surface area contributed by atoms with E-state index in [-0.39, 0.29) is 5.69 Å². The van der Waals surface area contributed by atoms with E-state index in [0.29, 0.717) is 11.0 Å². The Bertz CT molecular complexity index is 871. The van der Waals surface area contributed by atoms with Crippen molar-refractivity contribution in [2.45, 2.75) is 11.6 Å². The van der Waals surface area contributed by atoms with Gasteiger partial charge in [-0.25, -0.2) is 9.97 Å². The van der Waals surface area contributed by atoms with Gasteiger partial charge in [0.2, 0.25) is 0 Å². The second kappa shape index (κ2) is 6.48. The average Bonchev–Trinajstić information content (AvgIpc) is 2.88. The molecule has 0 saturated heterocycles. The third-order valence-corrected chi connectivity index (χ3v) is 5.12. The SMILES string of the molecule is N#Cc1cc(N)nc(SCCc2cc3c(Cl)csc3cn2)n1. The first kappa shape index (κ1) is 15.0. The predicted octanol–water partition coefficient (Wildman–Crippen LogP) is 3.53. The van der Waals surface area contributed by atoms with Gasteiger partial charge in [0.15, 0.2) is 5.16 Å². The number of aromatic nitrogens is 3. The second-order valence-electron chi connectivity index (χ2n) is 4.43. The molecule has 3 rings (SSSR count). The number of nitrogen functional groups attached to an aromatic ring is 1. The number of nitrogens with zero attached hydrogens (tertiary/aromatic N) is 4. The summed E-state index contributed by atoms with van der Waals surface area (Å²) in [7, 11) is 0. The largest absolute Gasteiger partial charge is 0.384 e. The zero-order valence-corrected chi connectivity index (χ0v) is 13.7. The minimum absolute atomic E-state index is 0.277. The number of halogens is 1. The van der Waals surface area contributed by atoms with Crippen LogP contribution in [0, 0.1) is 11.3 Å². The van der Waals surface area contributed by atoms with Crippen LogP contribution in [-0.2, 0) is 6.42 Å². The van der Waals surface area contributed by atoms with Crippen LogP contribution in [0.1, 0.15) is 11.4 Å². The van der Waals surface area contributed by atoms with Crippen LogP contribution in [0.3, 0.4) is 0 Å². The summed E-state index contributed by atoms with van der Waals surface area (Å²) in [4.78, 5) is 12.6. The van der Waals surface area contributed by atoms with Gasteiger partial charge in [-0.2, -0.15) is 5.26 Å². The molecule has 0 fully saturated rings. The Kier molecular flexibility index (Phi) is 4.43. The van der Waals surface area contributed by atoms with Crippen molar-refractivity contribution < 1.29 is 0 Å². The number of thioether (sulfide) groups is 1. The molecule has 0 spiro atoms. The van der Waals surface area contributed by atoms with E-state index in [4.69, 9.17) is 22.6 Å². The zero-order chi connectivity index (χ0) is 15.5. The van der Waals surface area contributed by atoms with Crippen molar-refractivity contribution in [2.75, 3.05) is 11.5 Å². The molecule has 0 atom stereocenters. The van der Waals surface area contributed by atoms with Crippen molar-refractivity contribution in [3.05, 3.63) is 40.1 Å². The van der Waals surface area contributed by atoms with Gasteiger partial charge >= 0.3 is 0 Å². The molecule has 3 heterocycles. The molecule has 0 aromatic carbocycles. The molecule has 0 unspecified atom stereocenters. The van der Waals surface area contributed by atoms with Crippen LogP contribution in [0.4, 0.5) is 5.82 Å². The summed E-state index contributed by atoms with van der Waals surface area (Å²) in [6.45, 7) is 0. The van der Waals surface area contributed by atoms with Crippen LogP contribution in [-0.4, -0.2) is 20.7 Å². The van der Waals surface area contributed by atoms with Crippen molar-refractivity contribution in [1.82, 2.24) is 15.0 Å². The summed E-state index contributed by atoms with van der Waals surface area (Å²) in [5, 5.41) is 13.1. The van der Waals surface area contributed by atoms with E-state index in [1.54, 1.807) is 11.3 Å². The lowest BCUT2D eigenvalue weighted by Crippen LogP contribution is -1.99. The van der Waals surface area contributed by atoms with E-state index in [1.807, 2.05) is 23.7 Å². The lowest BCUT2D eigenvalue weighted by Gasteiger charge is -2.02. The van der Waals surface area contributed by atoms with Gasteiger partial charge in [-0.05, 0) is 12.5 Å². The van der Waals surface area contributed by atoms with Crippen molar-refractivity contribution in [3.63, 3.8) is 0 Å². The molecule has 3 aromatic heterocycles. The highest BCUT2D eigenvalue weighted by atomic mass is 35.5. The lowest BCUT2D eigenvalue weighted by molar-refractivity contribution is 0.955. The fourth-order valence-electron chi connectivity index (χ4n) is 1.89. The number of hydrogen-bond acceptors (Lipinski definition) is 7. The second-order valence-corrected chi connectivity index (χ2v) is 6.81. The fourth-order valence-corrected chi connectivity index (χ4v) is 3.83. The van der Waals surface area contributed by atoms with Crippen LogP contribution in [0.25, 0.3) is 10.1 Å². The molecular weight excluding hydrogens is 338 g/mol. The fraction of sp³-hybridized carbons (Fsp3) is 0.143. The molecule has 0 saturated carbocycles. The van der Waals surface area contributed by atoms with Crippen LogP contribution < -0.4 is 5.73 Å². The molecule has 110 valence electrons. The summed E-state index contributed by atoms with van der Waals surface area (Å²) in [5.74, 6) is 1.05. The highest BCUT2D eigenvalue weighted by Gasteiger charge is 2.06. The zero-order valence-electron chi connectivity index (χ0n) is 11.3. The first-order chi connectivity index (χ1) is 10.7. The van der Waals surface area contributed by atoms with Gasteiger partial charge in [-0.1, -0.05) is 23.4 Å². The summed E-state index contributed by atoms with van der Waals surface area (Å²) < 4.78 is 1.08. The standard InChI is InChI=1S/C14H10ClN5S2/c15-11-7-22-12-6-18-8(3-10(11)12)1-2-21-14-19-9(5-16)4-13(17)20-14/h3-4,6-7H,1-2H2,(H2,17,19,20). The molecular formula is C14H10ClN5S2. The Balaban J connectivity index is 1.68. The van der Waals surface area contributed by atoms with Gasteiger partial charge in [0, 0.05) is 34.5 Å². The van der Waals surface area contributed by atoms with Gasteiger partial charge in [-0.3, -0.25) is 4.98 Å². The Morgan fingerprint density at radius 3 is 3.05 bits per heavy atom. The third kappa shape index (κ3) is 3.30. The first-order valence-electron chi connectivity index (χ1n) is 6.35. The van der Waals surface area contributed by atoms with Gasteiger partial charge in [-0.15, -0.1) is 11.3 Å². The molecule has 0 aliphatic rings. The molecule has 5 nitrogen and oxygen atoms in total. The summed E-state index contributed by atoms with van der Waals surface area (Å²) >= 11 is 9.17. The number of nitrogens with two attached hydrogens (primary N) is 1. The minimum atomic E-state index is 0.277. The first-order valence-corrected chi connectivity index (χ1v) is 8.59. The average molecular weight is 348 g/mol. The van der Waals surface area contributed by atoms with E-state index in [1.165, 1.54) is 17.8 Å². The predicted molar refractivity (Wildman–Crippen MR) is 90.2 cm³/mol. The molecule has 2 N–H and O–H groups in total. The van der Waals surface area contributed by atoms with Crippen LogP contribution >= 0.6 is 34.7 Å². The maximum absolute atomic E-state index is 8.87. The van der Waals surface area contributed by atoms with Crippen molar-refractivity contribution in [3.8, 4) is 6.07 Å². The summed E-state index contributed by atoms with van der Waals surface area (Å²) in [6.07, 6.45) is 2.60. The Hall–Kier alpha value is -1.88. The summed E-state index contributed by atoms with van der Waals surface area (Å²) in [6, 6.07) is 5.44. The van der Waals surface area contributed by atoms with E-state index < -0.39 is 0 Å². The molecule has 3 aromatic rings. The number of rotatable bonds is 4. The van der Waals surface area contributed by atoms with E-state index in [2.05, 4.69) is 15.0 Å². The topological polar surface area (TPSA) is 88.5 Å². The minimum Gasteiger partial charge on any atom is -0.384 e. The lowest BCUT2D eigenvalue weighted by atomic mass is 10.2. The number of nitriles is 1. The monoisotopic (exact) mass is 347 g/mol. The molecule has 22 heavy (non-hydrogen) atoms. The van der Waals surface area contributed by atoms with Crippen molar-refractivity contribution >= 4 is 50.6 Å². The van der Waals surface area contributed by atoms with Gasteiger partial charge in [0.05, 0.1) is 9.72 Å². The van der Waals surface area contributed by atoms with Gasteiger partial charge in [0.1, 0.15) is 17.6 Å². The van der Waals surface area contributed by atoms with Crippen LogP contribution in [0.5, 0.6) is 0 Å². The Labute approximate surface area is 140 Å². The Morgan fingerprint density at radius 1 is 1.36 bits per heavy atom. The maximum Gasteiger partial charge on any atom is 0.190 e. The molecule has 0 aliphatic carbocycles. The van der Waals surface area contributed by atoms with E-state index in [9.17, 15) is 0 Å². The van der Waals surface area contributed by atoms with Crippen LogP contribution in [0.15, 0.2) is 28.9 Å². The van der Waals surface area contributed by atoms with Crippen molar-refractivity contribution in [1.29, 1.82) is 5.26 Å². The highest BCUT2D eigenvalue weighted by Crippen LogP contribution is 2.30. The number of pyridine rings is 1. The van der Waals surface area contributed by atoms with Crippen molar-refractivity contribution in [2.24, 2.45) is 0 Å². The van der Waals surface area contributed by atoms with Gasteiger partial charge < -0.3 is 5.73 Å². The highest BCUT2D eigenvalue weighted by molar-refractivity contribution is 7.99.